The van der Waals surface area contributed by atoms with Gasteiger partial charge in [0.15, 0.2) is 0 Å². The van der Waals surface area contributed by atoms with Gasteiger partial charge in [0.1, 0.15) is 0 Å². The van der Waals surface area contributed by atoms with Gasteiger partial charge in [0.25, 0.3) is 0 Å². The van der Waals surface area contributed by atoms with E-state index in [-0.39, 0.29) is 17.5 Å². The summed E-state index contributed by atoms with van der Waals surface area (Å²) in [5.74, 6) is -1.37. The highest BCUT2D eigenvalue weighted by molar-refractivity contribution is 5.94. The summed E-state index contributed by atoms with van der Waals surface area (Å²) in [4.78, 5) is 11.0. The molecule has 112 valence electrons. The van der Waals surface area contributed by atoms with Gasteiger partial charge in [-0.3, -0.25) is 4.68 Å². The number of hydrogen-bond acceptors (Lipinski definition) is 3. The lowest BCUT2D eigenvalue weighted by atomic mass is 9.98. The van der Waals surface area contributed by atoms with Crippen LogP contribution in [-0.4, -0.2) is 20.9 Å². The van der Waals surface area contributed by atoms with Crippen molar-refractivity contribution < 1.29 is 23.1 Å². The number of rotatable bonds is 3. The number of alkyl halides is 3. The van der Waals surface area contributed by atoms with E-state index >= 15 is 0 Å². The summed E-state index contributed by atoms with van der Waals surface area (Å²) in [7, 11) is 1.60. The van der Waals surface area contributed by atoms with Gasteiger partial charge >= 0.3 is 12.1 Å². The van der Waals surface area contributed by atoms with E-state index < -0.39 is 23.4 Å². The Labute approximate surface area is 117 Å². The summed E-state index contributed by atoms with van der Waals surface area (Å²) in [5.41, 5.74) is 4.07. The number of nitrogens with zero attached hydrogens (tertiary/aromatic N) is 2. The first-order valence-corrected chi connectivity index (χ1v) is 5.90. The number of aromatic nitrogens is 2. The van der Waals surface area contributed by atoms with Crippen LogP contribution in [0, 0.1) is 0 Å². The van der Waals surface area contributed by atoms with Crippen molar-refractivity contribution >= 4 is 11.7 Å². The van der Waals surface area contributed by atoms with Crippen LogP contribution >= 0.6 is 0 Å². The van der Waals surface area contributed by atoms with Crippen LogP contribution in [0.5, 0.6) is 0 Å². The van der Waals surface area contributed by atoms with Crippen molar-refractivity contribution in [2.45, 2.75) is 12.6 Å². The highest BCUT2D eigenvalue weighted by atomic mass is 19.4. The summed E-state index contributed by atoms with van der Waals surface area (Å²) in [6, 6.07) is 3.19. The number of aromatic carboxylic acids is 1. The van der Waals surface area contributed by atoms with Gasteiger partial charge in [-0.25, -0.2) is 4.79 Å². The normalized spacial score (nSPS) is 11.6. The SMILES string of the molecule is Cn1nccc1Cc1cc(C(=O)O)c(N)cc1C(F)(F)F. The molecule has 0 atom stereocenters. The number of aryl methyl sites for hydroxylation is 1. The molecule has 0 aliphatic heterocycles. The molecule has 3 N–H and O–H groups in total. The van der Waals surface area contributed by atoms with Gasteiger partial charge in [-0.05, 0) is 23.8 Å². The number of carbonyl (C=O) groups is 1. The molecule has 1 heterocycles. The molecule has 0 unspecified atom stereocenters. The van der Waals surface area contributed by atoms with E-state index in [4.69, 9.17) is 10.8 Å². The molecule has 0 saturated heterocycles. The predicted octanol–water partition coefficient (Wildman–Crippen LogP) is 2.31. The second-order valence-electron chi connectivity index (χ2n) is 4.52. The molecule has 21 heavy (non-hydrogen) atoms. The van der Waals surface area contributed by atoms with E-state index in [0.29, 0.717) is 11.8 Å². The fraction of sp³-hybridized carbons (Fsp3) is 0.231. The number of carboxylic acids is 1. The second kappa shape index (κ2) is 5.12. The molecule has 5 nitrogen and oxygen atoms in total. The van der Waals surface area contributed by atoms with E-state index in [9.17, 15) is 18.0 Å². The zero-order valence-electron chi connectivity index (χ0n) is 11.0. The third-order valence-electron chi connectivity index (χ3n) is 3.11. The summed E-state index contributed by atoms with van der Waals surface area (Å²) in [5, 5.41) is 12.9. The molecule has 1 aromatic carbocycles. The molecule has 0 aliphatic carbocycles. The summed E-state index contributed by atoms with van der Waals surface area (Å²) < 4.78 is 40.6. The fourth-order valence-electron chi connectivity index (χ4n) is 2.03. The fourth-order valence-corrected chi connectivity index (χ4v) is 2.03. The molecule has 0 fully saturated rings. The standard InChI is InChI=1S/C13H12F3N3O2/c1-19-8(2-3-18-19)4-7-5-9(12(20)21)11(17)6-10(7)13(14,15)16/h2-3,5-6H,4,17H2,1H3,(H,20,21). The van der Waals surface area contributed by atoms with Crippen molar-refractivity contribution in [3.05, 3.63) is 46.8 Å². The minimum absolute atomic E-state index is 0.0914. The third kappa shape index (κ3) is 2.99. The summed E-state index contributed by atoms with van der Waals surface area (Å²) >= 11 is 0. The number of nitrogens with two attached hydrogens (primary N) is 1. The Morgan fingerprint density at radius 1 is 1.43 bits per heavy atom. The second-order valence-corrected chi connectivity index (χ2v) is 4.52. The summed E-state index contributed by atoms with van der Waals surface area (Å²) in [6.07, 6.45) is -3.25. The minimum atomic E-state index is -4.61. The molecule has 0 radical (unpaired) electrons. The zero-order valence-corrected chi connectivity index (χ0v) is 11.0. The van der Waals surface area contributed by atoms with Crippen molar-refractivity contribution in [2.24, 2.45) is 7.05 Å². The van der Waals surface area contributed by atoms with E-state index in [2.05, 4.69) is 5.10 Å². The van der Waals surface area contributed by atoms with E-state index in [1.165, 1.54) is 10.9 Å². The first-order chi connectivity index (χ1) is 9.70. The third-order valence-corrected chi connectivity index (χ3v) is 3.11. The van der Waals surface area contributed by atoms with Crippen molar-refractivity contribution in [3.8, 4) is 0 Å². The Morgan fingerprint density at radius 2 is 2.10 bits per heavy atom. The van der Waals surface area contributed by atoms with Crippen LogP contribution in [0.25, 0.3) is 0 Å². The average molecular weight is 299 g/mol. The van der Waals surface area contributed by atoms with E-state index in [1.807, 2.05) is 0 Å². The number of hydrogen-bond donors (Lipinski definition) is 2. The molecule has 8 heteroatoms. The minimum Gasteiger partial charge on any atom is -0.478 e. The highest BCUT2D eigenvalue weighted by Crippen LogP contribution is 2.35. The smallest absolute Gasteiger partial charge is 0.416 e. The molecule has 2 rings (SSSR count). The van der Waals surface area contributed by atoms with Crippen molar-refractivity contribution in [1.29, 1.82) is 0 Å². The Bertz CT molecular complexity index is 692. The Balaban J connectivity index is 2.58. The molecule has 0 saturated carbocycles. The first kappa shape index (κ1) is 14.9. The maximum atomic E-state index is 13.1. The molecule has 2 aromatic rings. The predicted molar refractivity (Wildman–Crippen MR) is 68.8 cm³/mol. The van der Waals surface area contributed by atoms with Crippen molar-refractivity contribution in [1.82, 2.24) is 9.78 Å². The summed E-state index contributed by atoms with van der Waals surface area (Å²) in [6.45, 7) is 0. The Morgan fingerprint density at radius 3 is 2.57 bits per heavy atom. The lowest BCUT2D eigenvalue weighted by Gasteiger charge is -2.15. The molecule has 0 bridgehead atoms. The van der Waals surface area contributed by atoms with Crippen LogP contribution in [0.2, 0.25) is 0 Å². The largest absolute Gasteiger partial charge is 0.478 e. The van der Waals surface area contributed by atoms with Crippen LogP contribution in [0.3, 0.4) is 0 Å². The number of benzene rings is 1. The molecule has 0 spiro atoms. The quantitative estimate of drug-likeness (QED) is 0.852. The van der Waals surface area contributed by atoms with Gasteiger partial charge in [-0.15, -0.1) is 0 Å². The number of halogens is 3. The van der Waals surface area contributed by atoms with Gasteiger partial charge < -0.3 is 10.8 Å². The van der Waals surface area contributed by atoms with Crippen molar-refractivity contribution in [2.75, 3.05) is 5.73 Å². The molecular formula is C13H12F3N3O2. The lowest BCUT2D eigenvalue weighted by molar-refractivity contribution is -0.138. The monoisotopic (exact) mass is 299 g/mol. The number of nitrogen functional groups attached to an aromatic ring is 1. The van der Waals surface area contributed by atoms with Crippen LogP contribution in [0.4, 0.5) is 18.9 Å². The van der Waals surface area contributed by atoms with E-state index in [0.717, 1.165) is 6.07 Å². The first-order valence-electron chi connectivity index (χ1n) is 5.90. The van der Waals surface area contributed by atoms with Crippen LogP contribution in [0.1, 0.15) is 27.2 Å². The van der Waals surface area contributed by atoms with Gasteiger partial charge in [-0.2, -0.15) is 18.3 Å². The molecule has 0 amide bonds. The molecular weight excluding hydrogens is 287 g/mol. The van der Waals surface area contributed by atoms with Crippen LogP contribution in [-0.2, 0) is 19.6 Å². The zero-order chi connectivity index (χ0) is 15.8. The van der Waals surface area contributed by atoms with Gasteiger partial charge in [0.05, 0.1) is 11.1 Å². The number of carboxylic acid groups (broad SMARTS) is 1. The van der Waals surface area contributed by atoms with Crippen LogP contribution < -0.4 is 5.73 Å². The van der Waals surface area contributed by atoms with Crippen LogP contribution in [0.15, 0.2) is 24.4 Å². The Hall–Kier alpha value is -2.51. The topological polar surface area (TPSA) is 81.1 Å². The number of anilines is 1. The maximum absolute atomic E-state index is 13.1. The van der Waals surface area contributed by atoms with Gasteiger partial charge in [-0.1, -0.05) is 0 Å². The lowest BCUT2D eigenvalue weighted by Crippen LogP contribution is -2.14. The Kier molecular flexibility index (Phi) is 3.63. The molecule has 1 aromatic heterocycles. The molecule has 0 aliphatic rings. The maximum Gasteiger partial charge on any atom is 0.416 e. The highest BCUT2D eigenvalue weighted by Gasteiger charge is 2.34. The van der Waals surface area contributed by atoms with E-state index in [1.54, 1.807) is 13.1 Å². The van der Waals surface area contributed by atoms with Crippen molar-refractivity contribution in [3.63, 3.8) is 0 Å². The van der Waals surface area contributed by atoms with Gasteiger partial charge in [0.2, 0.25) is 0 Å². The van der Waals surface area contributed by atoms with Gasteiger partial charge in [0, 0.05) is 31.0 Å². The average Bonchev–Trinajstić information content (AvgIpc) is 2.75.